The van der Waals surface area contributed by atoms with E-state index in [4.69, 9.17) is 4.74 Å². The van der Waals surface area contributed by atoms with Gasteiger partial charge in [0.15, 0.2) is 0 Å². The first-order valence-electron chi connectivity index (χ1n) is 8.39. The van der Waals surface area contributed by atoms with E-state index in [0.717, 1.165) is 5.56 Å². The number of amides is 2. The largest absolute Gasteiger partial charge is 0.497 e. The number of carbonyl (C=O) groups is 2. The van der Waals surface area contributed by atoms with Gasteiger partial charge in [-0.05, 0) is 35.7 Å². The van der Waals surface area contributed by atoms with Crippen molar-refractivity contribution in [3.63, 3.8) is 0 Å². The Kier molecular flexibility index (Phi) is 6.72. The van der Waals surface area contributed by atoms with Crippen molar-refractivity contribution < 1.29 is 18.7 Å². The van der Waals surface area contributed by atoms with Crippen LogP contribution in [0.4, 0.5) is 10.1 Å². The smallest absolute Gasteiger partial charge is 0.254 e. The highest BCUT2D eigenvalue weighted by Crippen LogP contribution is 2.17. The van der Waals surface area contributed by atoms with Crippen molar-refractivity contribution in [3.05, 3.63) is 59.4 Å². The minimum atomic E-state index is -0.642. The van der Waals surface area contributed by atoms with Crippen molar-refractivity contribution in [1.82, 2.24) is 5.32 Å². The van der Waals surface area contributed by atoms with Gasteiger partial charge in [0.2, 0.25) is 5.91 Å². The monoisotopic (exact) mass is 358 g/mol. The number of nitrogens with one attached hydrogen (secondary N) is 2. The maximum atomic E-state index is 13.9. The Balaban J connectivity index is 1.98. The van der Waals surface area contributed by atoms with Crippen molar-refractivity contribution in [1.29, 1.82) is 0 Å². The number of anilines is 1. The Hall–Kier alpha value is -2.89. The van der Waals surface area contributed by atoms with Crippen LogP contribution < -0.4 is 15.4 Å². The Morgan fingerprint density at radius 3 is 2.58 bits per heavy atom. The molecule has 138 valence electrons. The van der Waals surface area contributed by atoms with Gasteiger partial charge in [-0.2, -0.15) is 0 Å². The molecule has 0 aliphatic carbocycles. The van der Waals surface area contributed by atoms with Crippen molar-refractivity contribution in [2.45, 2.75) is 26.8 Å². The lowest BCUT2D eigenvalue weighted by molar-refractivity contribution is -0.116. The zero-order valence-electron chi connectivity index (χ0n) is 15.1. The lowest BCUT2D eigenvalue weighted by atomic mass is 10.1. The Morgan fingerprint density at radius 1 is 1.15 bits per heavy atom. The highest BCUT2D eigenvalue weighted by atomic mass is 19.1. The number of benzene rings is 2. The van der Waals surface area contributed by atoms with Crippen LogP contribution in [0.3, 0.4) is 0 Å². The van der Waals surface area contributed by atoms with Gasteiger partial charge in [0, 0.05) is 24.7 Å². The third kappa shape index (κ3) is 5.58. The minimum Gasteiger partial charge on any atom is -0.497 e. The number of halogens is 1. The van der Waals surface area contributed by atoms with Gasteiger partial charge in [0.1, 0.15) is 11.6 Å². The molecule has 5 nitrogen and oxygen atoms in total. The van der Waals surface area contributed by atoms with Crippen LogP contribution in [0.1, 0.15) is 36.2 Å². The van der Waals surface area contributed by atoms with Crippen LogP contribution in [0.2, 0.25) is 0 Å². The van der Waals surface area contributed by atoms with Gasteiger partial charge < -0.3 is 15.4 Å². The number of carbonyl (C=O) groups excluding carboxylic acids is 2. The molecule has 0 radical (unpaired) electrons. The summed E-state index contributed by atoms with van der Waals surface area (Å²) in [4.78, 5) is 24.0. The third-order valence-electron chi connectivity index (χ3n) is 3.68. The highest BCUT2D eigenvalue weighted by molar-refractivity contribution is 5.94. The molecule has 0 aliphatic heterocycles. The first-order chi connectivity index (χ1) is 12.4. The number of methoxy groups -OCH3 is 1. The van der Waals surface area contributed by atoms with Gasteiger partial charge in [0.25, 0.3) is 5.91 Å². The van der Waals surface area contributed by atoms with E-state index in [0.29, 0.717) is 17.9 Å². The van der Waals surface area contributed by atoms with E-state index in [9.17, 15) is 14.0 Å². The average Bonchev–Trinajstić information content (AvgIpc) is 2.59. The van der Waals surface area contributed by atoms with Crippen molar-refractivity contribution >= 4 is 17.5 Å². The summed E-state index contributed by atoms with van der Waals surface area (Å²) in [5.41, 5.74) is 1.42. The summed E-state index contributed by atoms with van der Waals surface area (Å²) in [6.45, 7) is 4.17. The lowest BCUT2D eigenvalue weighted by Crippen LogP contribution is -2.24. The molecular formula is C20H23FN2O3. The van der Waals surface area contributed by atoms with E-state index in [1.165, 1.54) is 25.3 Å². The van der Waals surface area contributed by atoms with E-state index in [1.54, 1.807) is 18.2 Å². The number of rotatable bonds is 7. The van der Waals surface area contributed by atoms with E-state index < -0.39 is 11.7 Å². The highest BCUT2D eigenvalue weighted by Gasteiger charge is 2.12. The predicted octanol–water partition coefficient (Wildman–Crippen LogP) is 3.75. The first-order valence-corrected chi connectivity index (χ1v) is 8.39. The molecule has 2 aromatic rings. The zero-order valence-corrected chi connectivity index (χ0v) is 15.1. The summed E-state index contributed by atoms with van der Waals surface area (Å²) in [5, 5.41) is 5.50. The SMILES string of the molecule is COc1ccc(C(=O)NCc2cccc(NC(=O)CC(C)C)c2)c(F)c1. The van der Waals surface area contributed by atoms with Gasteiger partial charge >= 0.3 is 0 Å². The molecule has 0 aliphatic rings. The van der Waals surface area contributed by atoms with E-state index in [-0.39, 0.29) is 23.9 Å². The molecule has 0 aromatic heterocycles. The van der Waals surface area contributed by atoms with Crippen molar-refractivity contribution in [2.24, 2.45) is 5.92 Å². The van der Waals surface area contributed by atoms with E-state index in [2.05, 4.69) is 10.6 Å². The average molecular weight is 358 g/mol. The molecule has 2 aromatic carbocycles. The second kappa shape index (κ2) is 8.99. The molecule has 0 saturated carbocycles. The summed E-state index contributed by atoms with van der Waals surface area (Å²) in [6, 6.07) is 11.3. The Morgan fingerprint density at radius 2 is 1.92 bits per heavy atom. The van der Waals surface area contributed by atoms with Crippen molar-refractivity contribution in [3.8, 4) is 5.75 Å². The second-order valence-electron chi connectivity index (χ2n) is 6.37. The van der Waals surface area contributed by atoms with Gasteiger partial charge in [0.05, 0.1) is 12.7 Å². The molecule has 26 heavy (non-hydrogen) atoms. The molecule has 0 saturated heterocycles. The molecule has 6 heteroatoms. The van der Waals surface area contributed by atoms with Crippen LogP contribution in [0, 0.1) is 11.7 Å². The minimum absolute atomic E-state index is 0.0489. The maximum absolute atomic E-state index is 13.9. The summed E-state index contributed by atoms with van der Waals surface area (Å²) >= 11 is 0. The number of hydrogen-bond donors (Lipinski definition) is 2. The molecule has 0 fully saturated rings. The van der Waals surface area contributed by atoms with Crippen LogP contribution in [-0.4, -0.2) is 18.9 Å². The van der Waals surface area contributed by atoms with Gasteiger partial charge in [-0.25, -0.2) is 4.39 Å². The first kappa shape index (κ1) is 19.4. The van der Waals surface area contributed by atoms with Gasteiger partial charge in [-0.3, -0.25) is 9.59 Å². The van der Waals surface area contributed by atoms with Crippen molar-refractivity contribution in [2.75, 3.05) is 12.4 Å². The van der Waals surface area contributed by atoms with Crippen LogP contribution in [0.15, 0.2) is 42.5 Å². The fraction of sp³-hybridized carbons (Fsp3) is 0.300. The molecule has 0 atom stereocenters. The fourth-order valence-corrected chi connectivity index (χ4v) is 2.43. The van der Waals surface area contributed by atoms with Crippen LogP contribution in [0.25, 0.3) is 0 Å². The summed E-state index contributed by atoms with van der Waals surface area (Å²) < 4.78 is 18.9. The Labute approximate surface area is 152 Å². The fourth-order valence-electron chi connectivity index (χ4n) is 2.43. The second-order valence-corrected chi connectivity index (χ2v) is 6.37. The normalized spacial score (nSPS) is 10.5. The number of ether oxygens (including phenoxy) is 1. The zero-order chi connectivity index (χ0) is 19.1. The molecule has 2 N–H and O–H groups in total. The van der Waals surface area contributed by atoms with E-state index in [1.807, 2.05) is 19.9 Å². The molecule has 0 unspecified atom stereocenters. The maximum Gasteiger partial charge on any atom is 0.254 e. The summed E-state index contributed by atoms with van der Waals surface area (Å²) in [5.74, 6) is -0.585. The quantitative estimate of drug-likeness (QED) is 0.792. The van der Waals surface area contributed by atoms with Crippen LogP contribution in [0.5, 0.6) is 5.75 Å². The van der Waals surface area contributed by atoms with Crippen LogP contribution in [-0.2, 0) is 11.3 Å². The van der Waals surface area contributed by atoms with Gasteiger partial charge in [-0.15, -0.1) is 0 Å². The molecule has 2 rings (SSSR count). The molecule has 0 spiro atoms. The van der Waals surface area contributed by atoms with Crippen LogP contribution >= 0.6 is 0 Å². The summed E-state index contributed by atoms with van der Waals surface area (Å²) in [6.07, 6.45) is 0.442. The van der Waals surface area contributed by atoms with E-state index >= 15 is 0 Å². The molecular weight excluding hydrogens is 335 g/mol. The Bertz CT molecular complexity index is 790. The number of hydrogen-bond acceptors (Lipinski definition) is 3. The summed E-state index contributed by atoms with van der Waals surface area (Å²) in [7, 11) is 1.43. The molecule has 2 amide bonds. The molecule has 0 heterocycles. The van der Waals surface area contributed by atoms with Gasteiger partial charge in [-0.1, -0.05) is 26.0 Å². The lowest BCUT2D eigenvalue weighted by Gasteiger charge is -2.10. The topological polar surface area (TPSA) is 67.4 Å². The third-order valence-corrected chi connectivity index (χ3v) is 3.68. The molecule has 0 bridgehead atoms. The predicted molar refractivity (Wildman–Crippen MR) is 98.6 cm³/mol. The standard InChI is InChI=1S/C20H23FN2O3/c1-13(2)9-19(24)23-15-6-4-5-14(10-15)12-22-20(25)17-8-7-16(26-3)11-18(17)21/h4-8,10-11,13H,9,12H2,1-3H3,(H,22,25)(H,23,24).